The van der Waals surface area contributed by atoms with Crippen LogP contribution in [0.25, 0.3) is 0 Å². The molecule has 1 aromatic rings. The lowest BCUT2D eigenvalue weighted by Crippen LogP contribution is -2.38. The number of amides is 1. The number of aryl methyl sites for hydroxylation is 1. The Morgan fingerprint density at radius 2 is 2.28 bits per heavy atom. The van der Waals surface area contributed by atoms with Gasteiger partial charge in [0, 0.05) is 18.6 Å². The quantitative estimate of drug-likeness (QED) is 0.809. The molecule has 0 spiro atoms. The Labute approximate surface area is 111 Å². The van der Waals surface area contributed by atoms with Crippen LogP contribution >= 0.6 is 11.6 Å². The summed E-state index contributed by atoms with van der Waals surface area (Å²) >= 11 is 5.65. The number of ether oxygens (including phenoxy) is 1. The molecular formula is C13H17ClFNO2. The van der Waals surface area contributed by atoms with Gasteiger partial charge in [0.25, 0.3) is 5.91 Å². The lowest BCUT2D eigenvalue weighted by atomic mass is 10.1. The topological polar surface area (TPSA) is 38.3 Å². The lowest BCUT2D eigenvalue weighted by Gasteiger charge is -2.17. The molecule has 1 N–H and O–H groups in total. The molecule has 0 aliphatic rings. The second-order valence-corrected chi connectivity index (χ2v) is 4.44. The van der Waals surface area contributed by atoms with Crippen LogP contribution in [0.2, 0.25) is 0 Å². The SMILES string of the molecule is COCC(CCCl)NC(=O)c1cc(F)ccc1C. The van der Waals surface area contributed by atoms with Crippen LogP contribution in [0.5, 0.6) is 0 Å². The standard InChI is InChI=1S/C13H17ClFNO2/c1-9-3-4-10(15)7-12(9)13(17)16-11(5-6-14)8-18-2/h3-4,7,11H,5-6,8H2,1-2H3,(H,16,17). The normalized spacial score (nSPS) is 12.2. The molecule has 1 rings (SSSR count). The summed E-state index contributed by atoms with van der Waals surface area (Å²) < 4.78 is 18.1. The maximum atomic E-state index is 13.1. The van der Waals surface area contributed by atoms with E-state index in [9.17, 15) is 9.18 Å². The molecule has 18 heavy (non-hydrogen) atoms. The molecule has 0 aliphatic heterocycles. The zero-order valence-corrected chi connectivity index (χ0v) is 11.3. The Bertz CT molecular complexity index is 406. The van der Waals surface area contributed by atoms with Gasteiger partial charge in [-0.05, 0) is 31.0 Å². The maximum absolute atomic E-state index is 13.1. The first-order valence-electron chi connectivity index (χ1n) is 5.70. The summed E-state index contributed by atoms with van der Waals surface area (Å²) in [7, 11) is 1.56. The molecule has 1 amide bonds. The van der Waals surface area contributed by atoms with Gasteiger partial charge < -0.3 is 10.1 Å². The number of hydrogen-bond donors (Lipinski definition) is 1. The van der Waals surface area contributed by atoms with Gasteiger partial charge in [-0.1, -0.05) is 6.07 Å². The van der Waals surface area contributed by atoms with Gasteiger partial charge in [0.15, 0.2) is 0 Å². The van der Waals surface area contributed by atoms with E-state index in [4.69, 9.17) is 16.3 Å². The van der Waals surface area contributed by atoms with Crippen molar-refractivity contribution in [1.29, 1.82) is 0 Å². The molecule has 100 valence electrons. The van der Waals surface area contributed by atoms with Crippen molar-refractivity contribution in [3.63, 3.8) is 0 Å². The van der Waals surface area contributed by atoms with Gasteiger partial charge in [0.1, 0.15) is 5.82 Å². The molecule has 0 saturated heterocycles. The highest BCUT2D eigenvalue weighted by molar-refractivity contribution is 6.17. The average Bonchev–Trinajstić information content (AvgIpc) is 2.33. The zero-order valence-electron chi connectivity index (χ0n) is 10.5. The van der Waals surface area contributed by atoms with E-state index in [0.29, 0.717) is 24.5 Å². The third-order valence-electron chi connectivity index (χ3n) is 2.60. The van der Waals surface area contributed by atoms with E-state index >= 15 is 0 Å². The fourth-order valence-electron chi connectivity index (χ4n) is 1.63. The average molecular weight is 274 g/mol. The minimum absolute atomic E-state index is 0.164. The van der Waals surface area contributed by atoms with E-state index in [-0.39, 0.29) is 11.9 Å². The highest BCUT2D eigenvalue weighted by atomic mass is 35.5. The van der Waals surface area contributed by atoms with Crippen LogP contribution in [-0.2, 0) is 4.74 Å². The minimum Gasteiger partial charge on any atom is -0.383 e. The second-order valence-electron chi connectivity index (χ2n) is 4.06. The third-order valence-corrected chi connectivity index (χ3v) is 2.82. The number of alkyl halides is 1. The lowest BCUT2D eigenvalue weighted by molar-refractivity contribution is 0.0894. The Morgan fingerprint density at radius 1 is 1.56 bits per heavy atom. The first-order valence-corrected chi connectivity index (χ1v) is 6.24. The number of methoxy groups -OCH3 is 1. The first kappa shape index (κ1) is 14.9. The van der Waals surface area contributed by atoms with Gasteiger partial charge in [0.05, 0.1) is 12.6 Å². The Kier molecular flexibility index (Phi) is 6.09. The number of nitrogens with one attached hydrogen (secondary N) is 1. The van der Waals surface area contributed by atoms with Gasteiger partial charge in [0.2, 0.25) is 0 Å². The van der Waals surface area contributed by atoms with Crippen molar-refractivity contribution in [3.05, 3.63) is 35.1 Å². The summed E-state index contributed by atoms with van der Waals surface area (Å²) in [6.07, 6.45) is 0.607. The van der Waals surface area contributed by atoms with Crippen LogP contribution in [0.4, 0.5) is 4.39 Å². The smallest absolute Gasteiger partial charge is 0.251 e. The molecule has 1 unspecified atom stereocenters. The number of halogens is 2. The monoisotopic (exact) mass is 273 g/mol. The minimum atomic E-state index is -0.425. The number of hydrogen-bond acceptors (Lipinski definition) is 2. The van der Waals surface area contributed by atoms with Crippen molar-refractivity contribution in [2.45, 2.75) is 19.4 Å². The van der Waals surface area contributed by atoms with E-state index in [2.05, 4.69) is 5.32 Å². The van der Waals surface area contributed by atoms with Crippen LogP contribution in [0, 0.1) is 12.7 Å². The summed E-state index contributed by atoms with van der Waals surface area (Å²) in [4.78, 5) is 12.0. The predicted molar refractivity (Wildman–Crippen MR) is 69.6 cm³/mol. The second kappa shape index (κ2) is 7.34. The number of benzene rings is 1. The highest BCUT2D eigenvalue weighted by Crippen LogP contribution is 2.10. The van der Waals surface area contributed by atoms with Gasteiger partial charge in [-0.15, -0.1) is 11.6 Å². The van der Waals surface area contributed by atoms with E-state index in [1.54, 1.807) is 20.1 Å². The van der Waals surface area contributed by atoms with Crippen molar-refractivity contribution >= 4 is 17.5 Å². The molecule has 3 nitrogen and oxygen atoms in total. The number of carbonyl (C=O) groups excluding carboxylic acids is 1. The Hall–Kier alpha value is -1.13. The third kappa shape index (κ3) is 4.27. The summed E-state index contributed by atoms with van der Waals surface area (Å²) in [6.45, 7) is 2.15. The van der Waals surface area contributed by atoms with Crippen LogP contribution in [0.3, 0.4) is 0 Å². The first-order chi connectivity index (χ1) is 8.58. The molecule has 0 radical (unpaired) electrons. The molecular weight excluding hydrogens is 257 g/mol. The summed E-state index contributed by atoms with van der Waals surface area (Å²) in [6, 6.07) is 3.98. The van der Waals surface area contributed by atoms with Crippen LogP contribution in [0.1, 0.15) is 22.3 Å². The molecule has 5 heteroatoms. The Morgan fingerprint density at radius 3 is 2.89 bits per heavy atom. The summed E-state index contributed by atoms with van der Waals surface area (Å²) in [5, 5.41) is 2.79. The van der Waals surface area contributed by atoms with Crippen molar-refractivity contribution < 1.29 is 13.9 Å². The van der Waals surface area contributed by atoms with Crippen molar-refractivity contribution in [1.82, 2.24) is 5.32 Å². The Balaban J connectivity index is 2.76. The van der Waals surface area contributed by atoms with Gasteiger partial charge >= 0.3 is 0 Å². The zero-order chi connectivity index (χ0) is 13.5. The number of rotatable bonds is 6. The summed E-state index contributed by atoms with van der Waals surface area (Å²) in [5.41, 5.74) is 1.07. The van der Waals surface area contributed by atoms with E-state index in [1.807, 2.05) is 0 Å². The maximum Gasteiger partial charge on any atom is 0.251 e. The van der Waals surface area contributed by atoms with E-state index in [0.717, 1.165) is 5.56 Å². The molecule has 0 heterocycles. The largest absolute Gasteiger partial charge is 0.383 e. The van der Waals surface area contributed by atoms with E-state index < -0.39 is 5.82 Å². The van der Waals surface area contributed by atoms with Crippen molar-refractivity contribution in [3.8, 4) is 0 Å². The van der Waals surface area contributed by atoms with Crippen LogP contribution < -0.4 is 5.32 Å². The molecule has 0 aromatic heterocycles. The molecule has 0 aliphatic carbocycles. The van der Waals surface area contributed by atoms with Crippen molar-refractivity contribution in [2.75, 3.05) is 19.6 Å². The summed E-state index contributed by atoms with van der Waals surface area (Å²) in [5.74, 6) is -0.304. The van der Waals surface area contributed by atoms with E-state index in [1.165, 1.54) is 12.1 Å². The number of carbonyl (C=O) groups is 1. The molecule has 1 atom stereocenters. The molecule has 0 fully saturated rings. The fourth-order valence-corrected chi connectivity index (χ4v) is 1.90. The highest BCUT2D eigenvalue weighted by Gasteiger charge is 2.15. The molecule has 0 bridgehead atoms. The van der Waals surface area contributed by atoms with Gasteiger partial charge in [-0.2, -0.15) is 0 Å². The van der Waals surface area contributed by atoms with Crippen LogP contribution in [-0.4, -0.2) is 31.5 Å². The van der Waals surface area contributed by atoms with Gasteiger partial charge in [-0.3, -0.25) is 4.79 Å². The molecule has 1 aromatic carbocycles. The van der Waals surface area contributed by atoms with Crippen molar-refractivity contribution in [2.24, 2.45) is 0 Å². The van der Waals surface area contributed by atoms with Crippen LogP contribution in [0.15, 0.2) is 18.2 Å². The van der Waals surface area contributed by atoms with Gasteiger partial charge in [-0.25, -0.2) is 4.39 Å². The fraction of sp³-hybridized carbons (Fsp3) is 0.462. The predicted octanol–water partition coefficient (Wildman–Crippen LogP) is 2.51. The molecule has 0 saturated carbocycles.